The van der Waals surface area contributed by atoms with Crippen LogP contribution in [-0.4, -0.2) is 30.9 Å². The van der Waals surface area contributed by atoms with Crippen LogP contribution in [0, 0.1) is 5.82 Å². The van der Waals surface area contributed by atoms with Crippen LogP contribution in [0.5, 0.6) is 5.75 Å². The molecule has 6 nitrogen and oxygen atoms in total. The lowest BCUT2D eigenvalue weighted by atomic mass is 10.1. The van der Waals surface area contributed by atoms with Crippen molar-refractivity contribution >= 4 is 17.7 Å². The number of esters is 1. The lowest BCUT2D eigenvalue weighted by Gasteiger charge is -2.06. The van der Waals surface area contributed by atoms with E-state index in [0.29, 0.717) is 23.3 Å². The second kappa shape index (κ2) is 9.31. The predicted molar refractivity (Wildman–Crippen MR) is 91.4 cm³/mol. The summed E-state index contributed by atoms with van der Waals surface area (Å²) in [5.74, 6) is -1.26. The SMILES string of the molecule is NC(=O)COc1ccc(C(=O)OCCCC(=O)c2ccc(F)cc2)cc1. The average Bonchev–Trinajstić information content (AvgIpc) is 2.64. The van der Waals surface area contributed by atoms with Crippen molar-refractivity contribution in [2.45, 2.75) is 12.8 Å². The molecule has 0 aliphatic heterocycles. The summed E-state index contributed by atoms with van der Waals surface area (Å²) in [5, 5.41) is 0. The minimum atomic E-state index is -0.594. The van der Waals surface area contributed by atoms with Crippen molar-refractivity contribution in [3.05, 3.63) is 65.5 Å². The number of hydrogen-bond acceptors (Lipinski definition) is 5. The lowest BCUT2D eigenvalue weighted by Crippen LogP contribution is -2.20. The number of hydrogen-bond donors (Lipinski definition) is 1. The molecule has 0 heterocycles. The van der Waals surface area contributed by atoms with E-state index in [0.717, 1.165) is 0 Å². The lowest BCUT2D eigenvalue weighted by molar-refractivity contribution is -0.119. The third-order valence-corrected chi connectivity index (χ3v) is 3.42. The zero-order chi connectivity index (χ0) is 18.9. The molecule has 0 atom stereocenters. The number of nitrogens with two attached hydrogens (primary N) is 1. The van der Waals surface area contributed by atoms with E-state index in [1.165, 1.54) is 48.5 Å². The Labute approximate surface area is 149 Å². The summed E-state index contributed by atoms with van der Waals surface area (Å²) in [6, 6.07) is 11.4. The van der Waals surface area contributed by atoms with E-state index in [2.05, 4.69) is 0 Å². The zero-order valence-corrected chi connectivity index (χ0v) is 13.9. The van der Waals surface area contributed by atoms with Crippen molar-refractivity contribution in [3.8, 4) is 5.75 Å². The highest BCUT2D eigenvalue weighted by Gasteiger charge is 2.09. The maximum absolute atomic E-state index is 12.8. The van der Waals surface area contributed by atoms with E-state index in [4.69, 9.17) is 15.2 Å². The van der Waals surface area contributed by atoms with Crippen LogP contribution in [0.1, 0.15) is 33.6 Å². The quantitative estimate of drug-likeness (QED) is 0.422. The van der Waals surface area contributed by atoms with E-state index in [1.807, 2.05) is 0 Å². The molecule has 26 heavy (non-hydrogen) atoms. The number of amides is 1. The van der Waals surface area contributed by atoms with Crippen molar-refractivity contribution in [2.75, 3.05) is 13.2 Å². The topological polar surface area (TPSA) is 95.7 Å². The fourth-order valence-electron chi connectivity index (χ4n) is 2.10. The number of ketones is 1. The second-order valence-corrected chi connectivity index (χ2v) is 5.45. The molecule has 0 aromatic heterocycles. The maximum atomic E-state index is 12.8. The zero-order valence-electron chi connectivity index (χ0n) is 13.9. The summed E-state index contributed by atoms with van der Waals surface area (Å²) in [6.07, 6.45) is 0.556. The molecule has 0 bridgehead atoms. The van der Waals surface area contributed by atoms with Gasteiger partial charge in [0.25, 0.3) is 5.91 Å². The molecular weight excluding hydrogens is 341 g/mol. The number of rotatable bonds is 9. The van der Waals surface area contributed by atoms with Crippen molar-refractivity contribution in [1.29, 1.82) is 0 Å². The first kappa shape index (κ1) is 19.1. The molecule has 136 valence electrons. The van der Waals surface area contributed by atoms with Gasteiger partial charge in [-0.2, -0.15) is 0 Å². The normalized spacial score (nSPS) is 10.2. The number of primary amides is 1. The number of ether oxygens (including phenoxy) is 2. The molecule has 0 spiro atoms. The first-order valence-corrected chi connectivity index (χ1v) is 7.93. The second-order valence-electron chi connectivity index (χ2n) is 5.45. The smallest absolute Gasteiger partial charge is 0.338 e. The van der Waals surface area contributed by atoms with Crippen LogP contribution in [0.25, 0.3) is 0 Å². The molecule has 1 amide bonds. The van der Waals surface area contributed by atoms with Crippen LogP contribution in [-0.2, 0) is 9.53 Å². The van der Waals surface area contributed by atoms with Gasteiger partial charge in [-0.3, -0.25) is 9.59 Å². The van der Waals surface area contributed by atoms with E-state index in [1.54, 1.807) is 0 Å². The number of benzene rings is 2. The maximum Gasteiger partial charge on any atom is 0.338 e. The van der Waals surface area contributed by atoms with Crippen LogP contribution < -0.4 is 10.5 Å². The molecule has 2 rings (SSSR count). The Morgan fingerprint density at radius 3 is 2.15 bits per heavy atom. The number of Topliss-reactive ketones (excluding diaryl/α,β-unsaturated/α-hetero) is 1. The Bertz CT molecular complexity index is 772. The number of halogens is 1. The van der Waals surface area contributed by atoms with E-state index < -0.39 is 17.7 Å². The molecule has 2 N–H and O–H groups in total. The Morgan fingerprint density at radius 1 is 0.923 bits per heavy atom. The summed E-state index contributed by atoms with van der Waals surface area (Å²) in [7, 11) is 0. The fourth-order valence-corrected chi connectivity index (χ4v) is 2.10. The van der Waals surface area contributed by atoms with Crippen LogP contribution in [0.4, 0.5) is 4.39 Å². The van der Waals surface area contributed by atoms with Gasteiger partial charge in [-0.25, -0.2) is 9.18 Å². The Balaban J connectivity index is 1.73. The van der Waals surface area contributed by atoms with Crippen molar-refractivity contribution < 1.29 is 28.2 Å². The van der Waals surface area contributed by atoms with E-state index in [9.17, 15) is 18.8 Å². The number of carbonyl (C=O) groups is 3. The van der Waals surface area contributed by atoms with Gasteiger partial charge in [-0.05, 0) is 55.0 Å². The largest absolute Gasteiger partial charge is 0.484 e. The summed E-state index contributed by atoms with van der Waals surface area (Å²) in [4.78, 5) is 34.4. The van der Waals surface area contributed by atoms with Gasteiger partial charge in [-0.1, -0.05) is 0 Å². The molecular formula is C19H18FNO5. The first-order chi connectivity index (χ1) is 12.5. The minimum absolute atomic E-state index is 0.0890. The highest BCUT2D eigenvalue weighted by Crippen LogP contribution is 2.13. The number of carbonyl (C=O) groups excluding carboxylic acids is 3. The van der Waals surface area contributed by atoms with Gasteiger partial charge in [0.15, 0.2) is 12.4 Å². The van der Waals surface area contributed by atoms with E-state index >= 15 is 0 Å². The Kier molecular flexibility index (Phi) is 6.84. The van der Waals surface area contributed by atoms with Crippen LogP contribution in [0.2, 0.25) is 0 Å². The molecule has 0 saturated heterocycles. The van der Waals surface area contributed by atoms with Gasteiger partial charge >= 0.3 is 5.97 Å². The monoisotopic (exact) mass is 359 g/mol. The summed E-state index contributed by atoms with van der Waals surface area (Å²) in [6.45, 7) is -0.155. The fraction of sp³-hybridized carbons (Fsp3) is 0.211. The molecule has 0 fully saturated rings. The Morgan fingerprint density at radius 2 is 1.54 bits per heavy atom. The van der Waals surface area contributed by atoms with Crippen molar-refractivity contribution in [1.82, 2.24) is 0 Å². The van der Waals surface area contributed by atoms with Crippen molar-refractivity contribution in [2.24, 2.45) is 5.73 Å². The third kappa shape index (κ3) is 6.01. The van der Waals surface area contributed by atoms with Gasteiger partial charge in [0.2, 0.25) is 0 Å². The average molecular weight is 359 g/mol. The molecule has 0 aliphatic rings. The predicted octanol–water partition coefficient (Wildman–Crippen LogP) is 2.51. The summed E-state index contributed by atoms with van der Waals surface area (Å²) in [5.41, 5.74) is 5.71. The minimum Gasteiger partial charge on any atom is -0.484 e. The van der Waals surface area contributed by atoms with Crippen molar-refractivity contribution in [3.63, 3.8) is 0 Å². The van der Waals surface area contributed by atoms with E-state index in [-0.39, 0.29) is 25.4 Å². The van der Waals surface area contributed by atoms with Gasteiger partial charge < -0.3 is 15.2 Å². The highest BCUT2D eigenvalue weighted by atomic mass is 19.1. The van der Waals surface area contributed by atoms with Crippen LogP contribution in [0.3, 0.4) is 0 Å². The standard InChI is InChI=1S/C19H18FNO5/c20-15-7-3-13(4-8-15)17(22)2-1-11-25-19(24)14-5-9-16(10-6-14)26-12-18(21)23/h3-10H,1-2,11-12H2,(H2,21,23). The molecule has 0 unspecified atom stereocenters. The molecule has 7 heteroatoms. The summed E-state index contributed by atoms with van der Waals surface area (Å²) < 4.78 is 23.0. The third-order valence-electron chi connectivity index (χ3n) is 3.42. The van der Waals surface area contributed by atoms with Gasteiger partial charge in [0.05, 0.1) is 12.2 Å². The van der Waals surface area contributed by atoms with Crippen LogP contribution >= 0.6 is 0 Å². The van der Waals surface area contributed by atoms with Gasteiger partial charge in [0.1, 0.15) is 11.6 Å². The molecule has 2 aromatic carbocycles. The molecule has 0 aliphatic carbocycles. The van der Waals surface area contributed by atoms with Gasteiger partial charge in [-0.15, -0.1) is 0 Å². The van der Waals surface area contributed by atoms with Gasteiger partial charge in [0, 0.05) is 12.0 Å². The molecule has 0 radical (unpaired) electrons. The first-order valence-electron chi connectivity index (χ1n) is 7.93. The molecule has 0 saturated carbocycles. The molecule has 2 aromatic rings. The Hall–Kier alpha value is -3.22. The van der Waals surface area contributed by atoms with Crippen LogP contribution in [0.15, 0.2) is 48.5 Å². The summed E-state index contributed by atoms with van der Waals surface area (Å²) >= 11 is 0. The highest BCUT2D eigenvalue weighted by molar-refractivity contribution is 5.96.